The standard InChI is InChI=1S/C16H18ClFN4OS/c1-3-22-14(10-4-5-10)20-21-16(22)24-9(2)15(23)19-11-6-7-13(18)12(17)8-11/h6-10H,3-5H2,1-2H3,(H,19,23). The summed E-state index contributed by atoms with van der Waals surface area (Å²) in [5.41, 5.74) is 0.467. The van der Waals surface area contributed by atoms with Crippen molar-refractivity contribution in [2.45, 2.75) is 49.6 Å². The Balaban J connectivity index is 1.66. The van der Waals surface area contributed by atoms with E-state index in [1.807, 2.05) is 6.92 Å². The van der Waals surface area contributed by atoms with Crippen molar-refractivity contribution in [2.75, 3.05) is 5.32 Å². The van der Waals surface area contributed by atoms with Crippen molar-refractivity contribution >= 4 is 35.0 Å². The number of hydrogen-bond donors (Lipinski definition) is 1. The van der Waals surface area contributed by atoms with Crippen LogP contribution in [-0.4, -0.2) is 25.9 Å². The Hall–Kier alpha value is -1.60. The van der Waals surface area contributed by atoms with Gasteiger partial charge in [0.05, 0.1) is 10.3 Å². The summed E-state index contributed by atoms with van der Waals surface area (Å²) in [7, 11) is 0. The van der Waals surface area contributed by atoms with Crippen LogP contribution in [0.15, 0.2) is 23.4 Å². The highest BCUT2D eigenvalue weighted by molar-refractivity contribution is 8.00. The lowest BCUT2D eigenvalue weighted by Gasteiger charge is -2.13. The first-order chi connectivity index (χ1) is 11.5. The van der Waals surface area contributed by atoms with Crippen molar-refractivity contribution in [3.8, 4) is 0 Å². The van der Waals surface area contributed by atoms with E-state index < -0.39 is 5.82 Å². The first-order valence-corrected chi connectivity index (χ1v) is 9.11. The normalized spacial score (nSPS) is 15.3. The van der Waals surface area contributed by atoms with Crippen LogP contribution >= 0.6 is 23.4 Å². The largest absolute Gasteiger partial charge is 0.325 e. The van der Waals surface area contributed by atoms with Crippen molar-refractivity contribution in [1.82, 2.24) is 14.8 Å². The van der Waals surface area contributed by atoms with Gasteiger partial charge in [0.2, 0.25) is 5.91 Å². The molecule has 1 aromatic heterocycles. The van der Waals surface area contributed by atoms with Crippen LogP contribution < -0.4 is 5.32 Å². The van der Waals surface area contributed by atoms with Gasteiger partial charge in [0.1, 0.15) is 11.6 Å². The van der Waals surface area contributed by atoms with E-state index in [4.69, 9.17) is 11.6 Å². The van der Waals surface area contributed by atoms with E-state index in [0.717, 1.165) is 30.4 Å². The monoisotopic (exact) mass is 368 g/mol. The van der Waals surface area contributed by atoms with Crippen molar-refractivity contribution in [2.24, 2.45) is 0 Å². The lowest BCUT2D eigenvalue weighted by atomic mass is 10.3. The summed E-state index contributed by atoms with van der Waals surface area (Å²) < 4.78 is 15.2. The molecule has 0 saturated heterocycles. The molecule has 1 heterocycles. The molecule has 8 heteroatoms. The Kier molecular flexibility index (Phi) is 5.10. The molecule has 1 aromatic carbocycles. The van der Waals surface area contributed by atoms with Gasteiger partial charge in [0.25, 0.3) is 0 Å². The quantitative estimate of drug-likeness (QED) is 0.780. The lowest BCUT2D eigenvalue weighted by Crippen LogP contribution is -2.23. The number of carbonyl (C=O) groups is 1. The molecule has 24 heavy (non-hydrogen) atoms. The second-order valence-electron chi connectivity index (χ2n) is 5.74. The molecule has 1 fully saturated rings. The SMILES string of the molecule is CCn1c(SC(C)C(=O)Nc2ccc(F)c(Cl)c2)nnc1C1CC1. The molecular formula is C16H18ClFN4OS. The lowest BCUT2D eigenvalue weighted by molar-refractivity contribution is -0.115. The molecule has 1 atom stereocenters. The maximum absolute atomic E-state index is 13.2. The van der Waals surface area contributed by atoms with Crippen LogP contribution in [0.2, 0.25) is 5.02 Å². The Morgan fingerprint density at radius 3 is 2.88 bits per heavy atom. The van der Waals surface area contributed by atoms with E-state index in [9.17, 15) is 9.18 Å². The van der Waals surface area contributed by atoms with Gasteiger partial charge in [-0.05, 0) is 44.9 Å². The van der Waals surface area contributed by atoms with Gasteiger partial charge in [-0.15, -0.1) is 10.2 Å². The van der Waals surface area contributed by atoms with Gasteiger partial charge in [0, 0.05) is 18.2 Å². The first kappa shape index (κ1) is 17.2. The highest BCUT2D eigenvalue weighted by Crippen LogP contribution is 2.40. The molecule has 5 nitrogen and oxygen atoms in total. The molecule has 0 bridgehead atoms. The fraction of sp³-hybridized carbons (Fsp3) is 0.438. The highest BCUT2D eigenvalue weighted by atomic mass is 35.5. The molecule has 0 spiro atoms. The maximum Gasteiger partial charge on any atom is 0.237 e. The number of rotatable bonds is 6. The average molecular weight is 369 g/mol. The van der Waals surface area contributed by atoms with Crippen LogP contribution in [0.25, 0.3) is 0 Å². The molecule has 1 aliphatic rings. The van der Waals surface area contributed by atoms with E-state index >= 15 is 0 Å². The van der Waals surface area contributed by atoms with Crippen LogP contribution in [-0.2, 0) is 11.3 Å². The topological polar surface area (TPSA) is 59.8 Å². The Morgan fingerprint density at radius 2 is 2.25 bits per heavy atom. The Morgan fingerprint density at radius 1 is 1.50 bits per heavy atom. The third kappa shape index (κ3) is 3.72. The third-order valence-corrected chi connectivity index (χ3v) is 5.21. The zero-order chi connectivity index (χ0) is 17.3. The minimum atomic E-state index is -0.513. The van der Waals surface area contributed by atoms with Crippen molar-refractivity contribution < 1.29 is 9.18 Å². The zero-order valence-electron chi connectivity index (χ0n) is 13.4. The number of carbonyl (C=O) groups excluding carboxylic acids is 1. The van der Waals surface area contributed by atoms with Crippen molar-refractivity contribution in [1.29, 1.82) is 0 Å². The summed E-state index contributed by atoms with van der Waals surface area (Å²) in [6, 6.07) is 4.10. The van der Waals surface area contributed by atoms with E-state index in [-0.39, 0.29) is 16.2 Å². The molecule has 0 radical (unpaired) electrons. The predicted molar refractivity (Wildman–Crippen MR) is 93.0 cm³/mol. The van der Waals surface area contributed by atoms with Gasteiger partial charge in [-0.2, -0.15) is 0 Å². The van der Waals surface area contributed by atoms with E-state index in [0.29, 0.717) is 11.6 Å². The summed E-state index contributed by atoms with van der Waals surface area (Å²) in [5, 5.41) is 11.6. The first-order valence-electron chi connectivity index (χ1n) is 7.85. The van der Waals surface area contributed by atoms with E-state index in [2.05, 4.69) is 20.1 Å². The van der Waals surface area contributed by atoms with Gasteiger partial charge in [-0.1, -0.05) is 23.4 Å². The molecule has 3 rings (SSSR count). The molecule has 1 aliphatic carbocycles. The van der Waals surface area contributed by atoms with Gasteiger partial charge in [-0.25, -0.2) is 4.39 Å². The number of anilines is 1. The number of thioether (sulfide) groups is 1. The highest BCUT2D eigenvalue weighted by Gasteiger charge is 2.30. The van der Waals surface area contributed by atoms with Crippen molar-refractivity contribution in [3.63, 3.8) is 0 Å². The van der Waals surface area contributed by atoms with Gasteiger partial charge >= 0.3 is 0 Å². The average Bonchev–Trinajstić information content (AvgIpc) is 3.32. The smallest absolute Gasteiger partial charge is 0.237 e. The number of amides is 1. The number of nitrogens with zero attached hydrogens (tertiary/aromatic N) is 3. The molecule has 0 aliphatic heterocycles. The Bertz CT molecular complexity index is 763. The van der Waals surface area contributed by atoms with Gasteiger partial charge in [0.15, 0.2) is 5.16 Å². The molecule has 128 valence electrons. The van der Waals surface area contributed by atoms with E-state index in [1.165, 1.54) is 30.0 Å². The predicted octanol–water partition coefficient (Wildman–Crippen LogP) is 4.09. The second-order valence-corrected chi connectivity index (χ2v) is 7.45. The molecular weight excluding hydrogens is 351 g/mol. The summed E-state index contributed by atoms with van der Waals surface area (Å²) in [5.74, 6) is 0.817. The maximum atomic E-state index is 13.2. The fourth-order valence-corrected chi connectivity index (χ4v) is 3.46. The summed E-state index contributed by atoms with van der Waals surface area (Å²) in [4.78, 5) is 12.3. The molecule has 1 amide bonds. The molecule has 2 aromatic rings. The fourth-order valence-electron chi connectivity index (χ4n) is 2.36. The number of aromatic nitrogens is 3. The minimum Gasteiger partial charge on any atom is -0.325 e. The van der Waals surface area contributed by atoms with E-state index in [1.54, 1.807) is 6.92 Å². The third-order valence-electron chi connectivity index (χ3n) is 3.84. The number of nitrogens with one attached hydrogen (secondary N) is 1. The van der Waals surface area contributed by atoms with Crippen LogP contribution in [0.5, 0.6) is 0 Å². The number of benzene rings is 1. The number of hydrogen-bond acceptors (Lipinski definition) is 4. The van der Waals surface area contributed by atoms with Gasteiger partial charge in [-0.3, -0.25) is 4.79 Å². The molecule has 1 unspecified atom stereocenters. The second kappa shape index (κ2) is 7.11. The van der Waals surface area contributed by atoms with Crippen LogP contribution in [0.1, 0.15) is 38.4 Å². The molecule has 1 N–H and O–H groups in total. The summed E-state index contributed by atoms with van der Waals surface area (Å²) >= 11 is 7.10. The van der Waals surface area contributed by atoms with Crippen LogP contribution in [0, 0.1) is 5.82 Å². The summed E-state index contributed by atoms with van der Waals surface area (Å²) in [6.07, 6.45) is 2.31. The number of halogens is 2. The van der Waals surface area contributed by atoms with Crippen LogP contribution in [0.3, 0.4) is 0 Å². The zero-order valence-corrected chi connectivity index (χ0v) is 15.0. The van der Waals surface area contributed by atoms with Crippen molar-refractivity contribution in [3.05, 3.63) is 34.9 Å². The van der Waals surface area contributed by atoms with Gasteiger partial charge < -0.3 is 9.88 Å². The minimum absolute atomic E-state index is 0.0205. The Labute approximate surface area is 149 Å². The molecule has 1 saturated carbocycles. The summed E-state index contributed by atoms with van der Waals surface area (Å²) in [6.45, 7) is 4.63. The van der Waals surface area contributed by atoms with Crippen LogP contribution in [0.4, 0.5) is 10.1 Å².